The predicted octanol–water partition coefficient (Wildman–Crippen LogP) is 5.67. The second-order valence-electron chi connectivity index (χ2n) is 6.31. The molecule has 3 rings (SSSR count). The van der Waals surface area contributed by atoms with Crippen LogP contribution < -0.4 is 5.63 Å². The Morgan fingerprint density at radius 3 is 2.77 bits per heavy atom. The summed E-state index contributed by atoms with van der Waals surface area (Å²) in [7, 11) is 0. The van der Waals surface area contributed by atoms with Gasteiger partial charge in [-0.1, -0.05) is 18.0 Å². The fourth-order valence-corrected chi connectivity index (χ4v) is 4.05. The summed E-state index contributed by atoms with van der Waals surface area (Å²) in [6.07, 6.45) is 3.62. The molecule has 136 valence electrons. The average molecular weight is 391 g/mol. The van der Waals surface area contributed by atoms with E-state index in [2.05, 4.69) is 0 Å². The maximum Gasteiger partial charge on any atom is 0.345 e. The van der Waals surface area contributed by atoms with Crippen molar-refractivity contribution in [3.05, 3.63) is 56.2 Å². The highest BCUT2D eigenvalue weighted by molar-refractivity contribution is 7.15. The number of carboxylic acids is 1. The van der Waals surface area contributed by atoms with E-state index in [1.165, 1.54) is 4.88 Å². The van der Waals surface area contributed by atoms with Gasteiger partial charge in [0.2, 0.25) is 0 Å². The van der Waals surface area contributed by atoms with Gasteiger partial charge in [-0.3, -0.25) is 4.79 Å². The van der Waals surface area contributed by atoms with E-state index >= 15 is 0 Å². The molecule has 0 spiro atoms. The van der Waals surface area contributed by atoms with Crippen LogP contribution in [0.5, 0.6) is 0 Å². The normalized spacial score (nSPS) is 11.2. The van der Waals surface area contributed by atoms with E-state index in [9.17, 15) is 9.59 Å². The first-order valence-electron chi connectivity index (χ1n) is 8.49. The van der Waals surface area contributed by atoms with Crippen LogP contribution in [0.4, 0.5) is 0 Å². The third-order valence-corrected chi connectivity index (χ3v) is 5.84. The van der Waals surface area contributed by atoms with Gasteiger partial charge in [0, 0.05) is 26.6 Å². The summed E-state index contributed by atoms with van der Waals surface area (Å²) in [6.45, 7) is 1.87. The maximum atomic E-state index is 12.4. The molecule has 2 heterocycles. The lowest BCUT2D eigenvalue weighted by molar-refractivity contribution is -0.137. The number of carbonyl (C=O) groups is 1. The van der Waals surface area contributed by atoms with Crippen molar-refractivity contribution in [2.45, 2.75) is 39.0 Å². The number of rotatable bonds is 7. The number of aryl methyl sites for hydroxylation is 2. The fourth-order valence-electron chi connectivity index (χ4n) is 2.82. The van der Waals surface area contributed by atoms with Gasteiger partial charge in [0.15, 0.2) is 0 Å². The third-order valence-electron chi connectivity index (χ3n) is 4.25. The number of aliphatic carboxylic acids is 1. The smallest absolute Gasteiger partial charge is 0.345 e. The monoisotopic (exact) mass is 390 g/mol. The van der Waals surface area contributed by atoms with Gasteiger partial charge in [-0.05, 0) is 62.1 Å². The molecule has 0 unspecified atom stereocenters. The van der Waals surface area contributed by atoms with Crippen LogP contribution in [0.2, 0.25) is 5.02 Å². The van der Waals surface area contributed by atoms with Gasteiger partial charge < -0.3 is 9.52 Å². The number of halogens is 1. The highest BCUT2D eigenvalue weighted by atomic mass is 35.5. The first kappa shape index (κ1) is 18.7. The maximum absolute atomic E-state index is 12.4. The summed E-state index contributed by atoms with van der Waals surface area (Å²) in [5.74, 6) is -0.748. The molecule has 4 nitrogen and oxygen atoms in total. The first-order valence-corrected chi connectivity index (χ1v) is 9.68. The van der Waals surface area contributed by atoms with Crippen molar-refractivity contribution in [3.63, 3.8) is 0 Å². The Morgan fingerprint density at radius 2 is 2.00 bits per heavy atom. The van der Waals surface area contributed by atoms with Crippen LogP contribution in [0, 0.1) is 6.92 Å². The molecule has 0 aliphatic carbocycles. The summed E-state index contributed by atoms with van der Waals surface area (Å²) >= 11 is 7.75. The first-order chi connectivity index (χ1) is 12.4. The predicted molar refractivity (Wildman–Crippen MR) is 105 cm³/mol. The van der Waals surface area contributed by atoms with Crippen molar-refractivity contribution in [2.75, 3.05) is 0 Å². The number of hydrogen-bond donors (Lipinski definition) is 1. The van der Waals surface area contributed by atoms with E-state index in [0.29, 0.717) is 22.6 Å². The Kier molecular flexibility index (Phi) is 5.79. The second kappa shape index (κ2) is 8.06. The molecule has 1 N–H and O–H groups in total. The molecule has 3 aromatic rings. The zero-order valence-corrected chi connectivity index (χ0v) is 16.0. The van der Waals surface area contributed by atoms with Crippen molar-refractivity contribution in [2.24, 2.45) is 0 Å². The van der Waals surface area contributed by atoms with Crippen LogP contribution in [-0.4, -0.2) is 11.1 Å². The average Bonchev–Trinajstić information content (AvgIpc) is 3.04. The molecule has 26 heavy (non-hydrogen) atoms. The Bertz CT molecular complexity index is 1000. The molecule has 0 aliphatic rings. The van der Waals surface area contributed by atoms with Crippen molar-refractivity contribution in [3.8, 4) is 10.4 Å². The molecule has 1 aromatic carbocycles. The van der Waals surface area contributed by atoms with Gasteiger partial charge in [-0.25, -0.2) is 4.79 Å². The molecule has 0 saturated carbocycles. The summed E-state index contributed by atoms with van der Waals surface area (Å²) < 4.78 is 5.46. The lowest BCUT2D eigenvalue weighted by Gasteiger charge is -2.03. The number of hydrogen-bond acceptors (Lipinski definition) is 4. The highest BCUT2D eigenvalue weighted by Gasteiger charge is 2.12. The van der Waals surface area contributed by atoms with Gasteiger partial charge in [-0.15, -0.1) is 11.3 Å². The molecule has 0 fully saturated rings. The zero-order chi connectivity index (χ0) is 18.7. The largest absolute Gasteiger partial charge is 0.481 e. The fraction of sp³-hybridized carbons (Fsp3) is 0.300. The summed E-state index contributed by atoms with van der Waals surface area (Å²) in [6, 6.07) is 9.37. The SMILES string of the molecule is Cc1cc2oc(=O)c(-c3ccc(CCCCCC(=O)O)s3)cc2cc1Cl. The van der Waals surface area contributed by atoms with Crippen molar-refractivity contribution >= 4 is 39.9 Å². The quantitative estimate of drug-likeness (QED) is 0.416. The number of fused-ring (bicyclic) bond motifs is 1. The molecule has 0 atom stereocenters. The van der Waals surface area contributed by atoms with Crippen molar-refractivity contribution in [1.29, 1.82) is 0 Å². The van der Waals surface area contributed by atoms with Crippen LogP contribution in [0.1, 0.15) is 36.1 Å². The minimum Gasteiger partial charge on any atom is -0.481 e. The van der Waals surface area contributed by atoms with Crippen molar-refractivity contribution in [1.82, 2.24) is 0 Å². The van der Waals surface area contributed by atoms with Gasteiger partial charge in [0.05, 0.1) is 5.56 Å². The summed E-state index contributed by atoms with van der Waals surface area (Å²) in [5, 5.41) is 10.1. The molecule has 2 aromatic heterocycles. The number of carboxylic acid groups (broad SMARTS) is 1. The summed E-state index contributed by atoms with van der Waals surface area (Å²) in [5.41, 5.74) is 1.60. The standard InChI is InChI=1S/C20H19ClO4S/c1-12-9-17-13(11-16(12)21)10-15(20(24)25-17)18-8-7-14(26-18)5-3-2-4-6-19(22)23/h7-11H,2-6H2,1H3,(H,22,23). The van der Waals surface area contributed by atoms with Gasteiger partial charge in [0.1, 0.15) is 5.58 Å². The van der Waals surface area contributed by atoms with E-state index in [4.69, 9.17) is 21.1 Å². The van der Waals surface area contributed by atoms with E-state index in [-0.39, 0.29) is 12.0 Å². The molecule has 0 radical (unpaired) electrons. The number of benzene rings is 1. The highest BCUT2D eigenvalue weighted by Crippen LogP contribution is 2.30. The number of unbranched alkanes of at least 4 members (excludes halogenated alkanes) is 2. The van der Waals surface area contributed by atoms with Crippen LogP contribution in [0.25, 0.3) is 21.4 Å². The minimum absolute atomic E-state index is 0.218. The molecule has 0 amide bonds. The molecule has 6 heteroatoms. The van der Waals surface area contributed by atoms with E-state index in [1.807, 2.05) is 31.2 Å². The Labute approximate surface area is 160 Å². The Balaban J connectivity index is 1.76. The van der Waals surface area contributed by atoms with Gasteiger partial charge >= 0.3 is 11.6 Å². The second-order valence-corrected chi connectivity index (χ2v) is 7.88. The van der Waals surface area contributed by atoms with Gasteiger partial charge in [-0.2, -0.15) is 0 Å². The lowest BCUT2D eigenvalue weighted by atomic mass is 10.1. The third kappa shape index (κ3) is 4.34. The molecule has 0 saturated heterocycles. The lowest BCUT2D eigenvalue weighted by Crippen LogP contribution is -2.01. The van der Waals surface area contributed by atoms with Crippen LogP contribution in [0.3, 0.4) is 0 Å². The van der Waals surface area contributed by atoms with E-state index < -0.39 is 5.97 Å². The Hall–Kier alpha value is -2.11. The molecule has 0 bridgehead atoms. The molecular weight excluding hydrogens is 372 g/mol. The molecule has 0 aliphatic heterocycles. The minimum atomic E-state index is -0.748. The summed E-state index contributed by atoms with van der Waals surface area (Å²) in [4.78, 5) is 24.9. The topological polar surface area (TPSA) is 67.5 Å². The number of thiophene rings is 1. The zero-order valence-electron chi connectivity index (χ0n) is 14.4. The van der Waals surface area contributed by atoms with E-state index in [0.717, 1.165) is 35.1 Å². The van der Waals surface area contributed by atoms with Crippen molar-refractivity contribution < 1.29 is 14.3 Å². The van der Waals surface area contributed by atoms with Gasteiger partial charge in [0.25, 0.3) is 0 Å². The Morgan fingerprint density at radius 1 is 1.19 bits per heavy atom. The van der Waals surface area contributed by atoms with Crippen LogP contribution in [0.15, 0.2) is 39.5 Å². The van der Waals surface area contributed by atoms with Crippen LogP contribution >= 0.6 is 22.9 Å². The van der Waals surface area contributed by atoms with Crippen LogP contribution in [-0.2, 0) is 11.2 Å². The molecular formula is C20H19ClO4S. The van der Waals surface area contributed by atoms with E-state index in [1.54, 1.807) is 17.4 Å².